The lowest BCUT2D eigenvalue weighted by Crippen LogP contribution is -2.00. The smallest absolute Gasteiger partial charge is 0.126 e. The van der Waals surface area contributed by atoms with Gasteiger partial charge in [0.25, 0.3) is 0 Å². The Labute approximate surface area is 116 Å². The maximum Gasteiger partial charge on any atom is 0.126 e. The fraction of sp³-hybridized carbons (Fsp3) is 0.143. The Morgan fingerprint density at radius 3 is 2.47 bits per heavy atom. The van der Waals surface area contributed by atoms with Crippen LogP contribution in [0.1, 0.15) is 16.5 Å². The summed E-state index contributed by atoms with van der Waals surface area (Å²) in [6.07, 6.45) is -0.520. The van der Waals surface area contributed by atoms with E-state index in [1.807, 2.05) is 17.5 Å². The van der Waals surface area contributed by atoms with Gasteiger partial charge in [-0.15, -0.1) is 22.7 Å². The van der Waals surface area contributed by atoms with Gasteiger partial charge in [0.1, 0.15) is 11.6 Å². The Kier molecular flexibility index (Phi) is 3.35. The Hall–Kier alpha value is -1.30. The van der Waals surface area contributed by atoms with Crippen molar-refractivity contribution >= 4 is 32.1 Å². The Morgan fingerprint density at radius 2 is 1.79 bits per heavy atom. The highest BCUT2D eigenvalue weighted by Gasteiger charge is 2.14. The second-order valence-corrected chi connectivity index (χ2v) is 6.36. The fourth-order valence-electron chi connectivity index (χ4n) is 2.00. The number of thiophene rings is 2. The van der Waals surface area contributed by atoms with E-state index >= 15 is 0 Å². The summed E-state index contributed by atoms with van der Waals surface area (Å²) >= 11 is 3.13. The van der Waals surface area contributed by atoms with Crippen LogP contribution in [0.2, 0.25) is 0 Å². The van der Waals surface area contributed by atoms with Crippen molar-refractivity contribution in [2.24, 2.45) is 0 Å². The number of hydrogen-bond donors (Lipinski definition) is 1. The van der Waals surface area contributed by atoms with Crippen molar-refractivity contribution < 1.29 is 13.9 Å². The van der Waals surface area contributed by atoms with Gasteiger partial charge >= 0.3 is 0 Å². The van der Waals surface area contributed by atoms with Crippen LogP contribution in [-0.2, 0) is 6.42 Å². The molecular weight excluding hydrogens is 286 g/mol. The van der Waals surface area contributed by atoms with Crippen LogP contribution in [-0.4, -0.2) is 5.11 Å². The standard InChI is InChI=1S/C14H10F2OS2/c15-9-3-8(4-10(16)6-9)5-11(17)13-7-14-12(19-13)1-2-18-14/h1-4,6-7,11,17H,5H2. The van der Waals surface area contributed by atoms with Gasteiger partial charge in [0.15, 0.2) is 0 Å². The SMILES string of the molecule is OC(Cc1cc(F)cc(F)c1)c1cc2sccc2s1. The largest absolute Gasteiger partial charge is 0.387 e. The molecule has 0 radical (unpaired) electrons. The van der Waals surface area contributed by atoms with Gasteiger partial charge in [-0.2, -0.15) is 0 Å². The monoisotopic (exact) mass is 296 g/mol. The van der Waals surface area contributed by atoms with Crippen molar-refractivity contribution in [2.45, 2.75) is 12.5 Å². The predicted molar refractivity (Wildman–Crippen MR) is 74.7 cm³/mol. The Bertz CT molecular complexity index is 668. The third-order valence-electron chi connectivity index (χ3n) is 2.84. The van der Waals surface area contributed by atoms with Gasteiger partial charge in [0.2, 0.25) is 0 Å². The van der Waals surface area contributed by atoms with E-state index in [1.54, 1.807) is 11.3 Å². The summed E-state index contributed by atoms with van der Waals surface area (Å²) in [5.41, 5.74) is 0.460. The lowest BCUT2D eigenvalue weighted by Gasteiger charge is -2.08. The van der Waals surface area contributed by atoms with Gasteiger partial charge in [-0.25, -0.2) is 8.78 Å². The molecule has 0 saturated carbocycles. The van der Waals surface area contributed by atoms with Crippen LogP contribution in [0, 0.1) is 11.6 Å². The highest BCUT2D eigenvalue weighted by Crippen LogP contribution is 2.34. The molecular formula is C14H10F2OS2. The van der Waals surface area contributed by atoms with Gasteiger partial charge in [0, 0.05) is 26.8 Å². The van der Waals surface area contributed by atoms with Crippen LogP contribution in [0.25, 0.3) is 9.40 Å². The molecule has 1 atom stereocenters. The second-order valence-electron chi connectivity index (χ2n) is 4.30. The molecule has 19 heavy (non-hydrogen) atoms. The highest BCUT2D eigenvalue weighted by molar-refractivity contribution is 7.26. The summed E-state index contributed by atoms with van der Waals surface area (Å²) in [6, 6.07) is 7.27. The number of rotatable bonds is 3. The van der Waals surface area contributed by atoms with E-state index in [0.29, 0.717) is 5.56 Å². The molecule has 0 fully saturated rings. The lowest BCUT2D eigenvalue weighted by atomic mass is 10.1. The van der Waals surface area contributed by atoms with Crippen molar-refractivity contribution in [2.75, 3.05) is 0 Å². The zero-order valence-corrected chi connectivity index (χ0v) is 11.4. The molecule has 1 aromatic carbocycles. The molecule has 0 spiro atoms. The minimum atomic E-state index is -0.731. The van der Waals surface area contributed by atoms with Crippen molar-refractivity contribution in [3.05, 3.63) is 57.8 Å². The van der Waals surface area contributed by atoms with E-state index in [9.17, 15) is 13.9 Å². The molecule has 0 aliphatic rings. The molecule has 0 bridgehead atoms. The highest BCUT2D eigenvalue weighted by atomic mass is 32.1. The molecule has 1 N–H and O–H groups in total. The zero-order chi connectivity index (χ0) is 13.4. The summed E-state index contributed by atoms with van der Waals surface area (Å²) in [5, 5.41) is 12.1. The van der Waals surface area contributed by atoms with E-state index in [4.69, 9.17) is 0 Å². The summed E-state index contributed by atoms with van der Waals surface area (Å²) in [6.45, 7) is 0. The molecule has 1 unspecified atom stereocenters. The average molecular weight is 296 g/mol. The summed E-state index contributed by atoms with van der Waals surface area (Å²) in [7, 11) is 0. The third kappa shape index (κ3) is 2.68. The number of fused-ring (bicyclic) bond motifs is 1. The van der Waals surface area contributed by atoms with Gasteiger partial charge in [-0.3, -0.25) is 0 Å². The van der Waals surface area contributed by atoms with E-state index in [1.165, 1.54) is 23.5 Å². The van der Waals surface area contributed by atoms with E-state index in [-0.39, 0.29) is 6.42 Å². The average Bonchev–Trinajstić information content (AvgIpc) is 2.86. The van der Waals surface area contributed by atoms with E-state index < -0.39 is 17.7 Å². The minimum absolute atomic E-state index is 0.211. The lowest BCUT2D eigenvalue weighted by molar-refractivity contribution is 0.182. The van der Waals surface area contributed by atoms with Gasteiger partial charge < -0.3 is 5.11 Å². The molecule has 0 aliphatic heterocycles. The van der Waals surface area contributed by atoms with Crippen molar-refractivity contribution in [3.63, 3.8) is 0 Å². The molecule has 0 saturated heterocycles. The van der Waals surface area contributed by atoms with Crippen LogP contribution in [0.15, 0.2) is 35.7 Å². The first-order valence-electron chi connectivity index (χ1n) is 5.72. The van der Waals surface area contributed by atoms with Crippen molar-refractivity contribution in [1.82, 2.24) is 0 Å². The van der Waals surface area contributed by atoms with Crippen LogP contribution >= 0.6 is 22.7 Å². The first kappa shape index (κ1) is 12.7. The van der Waals surface area contributed by atoms with Crippen LogP contribution in [0.4, 0.5) is 8.78 Å². The van der Waals surface area contributed by atoms with Crippen LogP contribution in [0.5, 0.6) is 0 Å². The number of aliphatic hydroxyl groups excluding tert-OH is 1. The second kappa shape index (κ2) is 5.00. The third-order valence-corrected chi connectivity index (χ3v) is 5.03. The maximum atomic E-state index is 13.1. The molecule has 3 rings (SSSR count). The zero-order valence-electron chi connectivity index (χ0n) is 9.77. The molecule has 1 nitrogen and oxygen atoms in total. The van der Waals surface area contributed by atoms with Crippen molar-refractivity contribution in [1.29, 1.82) is 0 Å². The first-order chi connectivity index (χ1) is 9.11. The first-order valence-corrected chi connectivity index (χ1v) is 7.41. The van der Waals surface area contributed by atoms with Crippen LogP contribution in [0.3, 0.4) is 0 Å². The number of halogens is 2. The summed E-state index contributed by atoms with van der Waals surface area (Å²) in [5.74, 6) is -1.23. The number of hydrogen-bond acceptors (Lipinski definition) is 3. The molecule has 2 aromatic heterocycles. The normalized spacial score (nSPS) is 13.0. The Balaban J connectivity index is 1.84. The molecule has 5 heteroatoms. The summed E-state index contributed by atoms with van der Waals surface area (Å²) in [4.78, 5) is 0.825. The van der Waals surface area contributed by atoms with E-state index in [0.717, 1.165) is 20.3 Å². The topological polar surface area (TPSA) is 20.2 Å². The van der Waals surface area contributed by atoms with Crippen LogP contribution < -0.4 is 0 Å². The van der Waals surface area contributed by atoms with Crippen molar-refractivity contribution in [3.8, 4) is 0 Å². The molecule has 0 amide bonds. The fourth-order valence-corrected chi connectivity index (χ4v) is 4.11. The number of aliphatic hydroxyl groups is 1. The molecule has 98 valence electrons. The summed E-state index contributed by atoms with van der Waals surface area (Å²) < 4.78 is 28.4. The van der Waals surface area contributed by atoms with Gasteiger partial charge in [-0.1, -0.05) is 0 Å². The molecule has 2 heterocycles. The molecule has 3 aromatic rings. The number of benzene rings is 1. The quantitative estimate of drug-likeness (QED) is 0.753. The van der Waals surface area contributed by atoms with E-state index in [2.05, 4.69) is 0 Å². The van der Waals surface area contributed by atoms with Gasteiger partial charge in [-0.05, 0) is 35.2 Å². The molecule has 0 aliphatic carbocycles. The minimum Gasteiger partial charge on any atom is -0.387 e. The van der Waals surface area contributed by atoms with Gasteiger partial charge in [0.05, 0.1) is 6.10 Å². The predicted octanol–water partition coefficient (Wildman–Crippen LogP) is 4.52. The Morgan fingerprint density at radius 1 is 1.05 bits per heavy atom. The maximum absolute atomic E-state index is 13.1.